The van der Waals surface area contributed by atoms with Gasteiger partial charge in [-0.2, -0.15) is 0 Å². The molecule has 4 atom stereocenters. The Morgan fingerprint density at radius 3 is 2.67 bits per heavy atom. The summed E-state index contributed by atoms with van der Waals surface area (Å²) in [7, 11) is 0. The molecule has 0 aliphatic carbocycles. The second kappa shape index (κ2) is 4.08. The van der Waals surface area contributed by atoms with E-state index in [4.69, 9.17) is 10.5 Å². The molecule has 18 heavy (non-hydrogen) atoms. The van der Waals surface area contributed by atoms with Crippen molar-refractivity contribution in [2.45, 2.75) is 76.4 Å². The van der Waals surface area contributed by atoms with Crippen molar-refractivity contribution in [1.82, 2.24) is 4.90 Å². The molecule has 104 valence electrons. The van der Waals surface area contributed by atoms with Crippen LogP contribution in [0.25, 0.3) is 0 Å². The number of hydrogen-bond acceptors (Lipinski definition) is 3. The highest BCUT2D eigenvalue weighted by molar-refractivity contribution is 5.70. The smallest absolute Gasteiger partial charge is 0.411 e. The molecule has 0 radical (unpaired) electrons. The first-order chi connectivity index (χ1) is 8.15. The highest BCUT2D eigenvalue weighted by Gasteiger charge is 2.57. The summed E-state index contributed by atoms with van der Waals surface area (Å²) in [6, 6.07) is -0.451. The number of fused-ring (bicyclic) bond motifs is 2. The van der Waals surface area contributed by atoms with Crippen LogP contribution in [0.3, 0.4) is 0 Å². The minimum absolute atomic E-state index is 0.0202. The largest absolute Gasteiger partial charge is 0.444 e. The number of nitrogens with zero attached hydrogens (tertiary/aromatic N) is 1. The average Bonchev–Trinajstić information content (AvgIpc) is 2.47. The number of halogens is 1. The lowest BCUT2D eigenvalue weighted by atomic mass is 9.85. The third kappa shape index (κ3) is 2.09. The van der Waals surface area contributed by atoms with E-state index in [0.29, 0.717) is 12.8 Å². The number of nitrogens with two attached hydrogens (primary N) is 1. The van der Waals surface area contributed by atoms with Crippen LogP contribution in [0, 0.1) is 0 Å². The molecule has 1 unspecified atom stereocenters. The molecule has 0 aromatic carbocycles. The number of ether oxygens (including phenoxy) is 1. The molecule has 0 spiro atoms. The van der Waals surface area contributed by atoms with E-state index >= 15 is 0 Å². The highest BCUT2D eigenvalue weighted by Crippen LogP contribution is 2.45. The van der Waals surface area contributed by atoms with Gasteiger partial charge in [-0.05, 0) is 47.0 Å². The SMILES string of the molecule is CC(C)(C)OC(=O)N1C2CC[C@]1(C)[C@@H](F)[C@@H](N)C2. The lowest BCUT2D eigenvalue weighted by Gasteiger charge is -2.47. The average molecular weight is 258 g/mol. The monoisotopic (exact) mass is 258 g/mol. The fourth-order valence-electron chi connectivity index (χ4n) is 3.18. The van der Waals surface area contributed by atoms with E-state index in [1.54, 1.807) is 11.8 Å². The molecule has 2 heterocycles. The summed E-state index contributed by atoms with van der Waals surface area (Å²) >= 11 is 0. The van der Waals surface area contributed by atoms with E-state index in [1.165, 1.54) is 0 Å². The highest BCUT2D eigenvalue weighted by atomic mass is 19.1. The number of piperidine rings is 1. The van der Waals surface area contributed by atoms with Gasteiger partial charge in [0, 0.05) is 12.1 Å². The fraction of sp³-hybridized carbons (Fsp3) is 0.923. The van der Waals surface area contributed by atoms with Crippen molar-refractivity contribution >= 4 is 6.09 Å². The molecular formula is C13H23FN2O2. The van der Waals surface area contributed by atoms with Gasteiger partial charge in [-0.15, -0.1) is 0 Å². The first-order valence-electron chi connectivity index (χ1n) is 6.57. The van der Waals surface area contributed by atoms with Crippen molar-refractivity contribution in [3.63, 3.8) is 0 Å². The molecule has 0 aromatic heterocycles. The Hall–Kier alpha value is -0.840. The Balaban J connectivity index is 2.21. The summed E-state index contributed by atoms with van der Waals surface area (Å²) in [5, 5.41) is 0. The molecule has 2 saturated heterocycles. The van der Waals surface area contributed by atoms with E-state index in [2.05, 4.69) is 0 Å². The van der Waals surface area contributed by atoms with E-state index in [1.807, 2.05) is 20.8 Å². The molecule has 2 bridgehead atoms. The minimum Gasteiger partial charge on any atom is -0.444 e. The zero-order chi connectivity index (χ0) is 13.7. The van der Waals surface area contributed by atoms with Gasteiger partial charge < -0.3 is 10.5 Å². The summed E-state index contributed by atoms with van der Waals surface area (Å²) in [5.41, 5.74) is 4.46. The van der Waals surface area contributed by atoms with Crippen LogP contribution in [0.2, 0.25) is 0 Å². The van der Waals surface area contributed by atoms with Crippen molar-refractivity contribution in [3.8, 4) is 0 Å². The minimum atomic E-state index is -1.18. The van der Waals surface area contributed by atoms with Crippen LogP contribution in [-0.4, -0.2) is 40.4 Å². The third-order valence-electron chi connectivity index (χ3n) is 4.00. The van der Waals surface area contributed by atoms with Crippen molar-refractivity contribution in [2.24, 2.45) is 5.73 Å². The molecule has 1 amide bonds. The van der Waals surface area contributed by atoms with E-state index < -0.39 is 29.4 Å². The van der Waals surface area contributed by atoms with Gasteiger partial charge in [0.1, 0.15) is 11.8 Å². The molecule has 0 aromatic rings. The maximum atomic E-state index is 14.3. The van der Waals surface area contributed by atoms with Crippen LogP contribution in [0.4, 0.5) is 9.18 Å². The molecular weight excluding hydrogens is 235 g/mol. The van der Waals surface area contributed by atoms with Gasteiger partial charge in [0.2, 0.25) is 0 Å². The number of hydrogen-bond donors (Lipinski definition) is 1. The van der Waals surface area contributed by atoms with Crippen molar-refractivity contribution in [3.05, 3.63) is 0 Å². The van der Waals surface area contributed by atoms with E-state index in [0.717, 1.165) is 6.42 Å². The quantitative estimate of drug-likeness (QED) is 0.724. The Labute approximate surface area is 108 Å². The molecule has 2 N–H and O–H groups in total. The van der Waals surface area contributed by atoms with Crippen LogP contribution in [-0.2, 0) is 4.74 Å². The second-order valence-electron chi connectivity index (χ2n) is 6.70. The van der Waals surface area contributed by atoms with E-state index in [-0.39, 0.29) is 6.04 Å². The Bertz CT molecular complexity index is 355. The predicted octanol–water partition coefficient (Wildman–Crippen LogP) is 2.21. The first-order valence-corrected chi connectivity index (χ1v) is 6.57. The Morgan fingerprint density at radius 1 is 1.50 bits per heavy atom. The number of rotatable bonds is 0. The van der Waals surface area contributed by atoms with Gasteiger partial charge in [-0.3, -0.25) is 4.90 Å². The lowest BCUT2D eigenvalue weighted by molar-refractivity contribution is -0.0410. The number of amides is 1. The summed E-state index contributed by atoms with van der Waals surface area (Å²) < 4.78 is 19.7. The van der Waals surface area contributed by atoms with Crippen LogP contribution in [0.5, 0.6) is 0 Å². The van der Waals surface area contributed by atoms with Crippen molar-refractivity contribution in [1.29, 1.82) is 0 Å². The van der Waals surface area contributed by atoms with Crippen LogP contribution in [0.1, 0.15) is 47.0 Å². The maximum Gasteiger partial charge on any atom is 0.411 e. The zero-order valence-corrected chi connectivity index (χ0v) is 11.6. The molecule has 5 heteroatoms. The van der Waals surface area contributed by atoms with Gasteiger partial charge in [0.15, 0.2) is 0 Å². The predicted molar refractivity (Wildman–Crippen MR) is 67.0 cm³/mol. The number of carbonyl (C=O) groups is 1. The molecule has 4 nitrogen and oxygen atoms in total. The van der Waals surface area contributed by atoms with Crippen molar-refractivity contribution in [2.75, 3.05) is 0 Å². The summed E-state index contributed by atoms with van der Waals surface area (Å²) in [4.78, 5) is 13.8. The van der Waals surface area contributed by atoms with Gasteiger partial charge >= 0.3 is 6.09 Å². The maximum absolute atomic E-state index is 14.3. The van der Waals surface area contributed by atoms with E-state index in [9.17, 15) is 9.18 Å². The third-order valence-corrected chi connectivity index (χ3v) is 4.00. The van der Waals surface area contributed by atoms with Crippen molar-refractivity contribution < 1.29 is 13.9 Å². The molecule has 0 saturated carbocycles. The zero-order valence-electron chi connectivity index (χ0n) is 11.6. The van der Waals surface area contributed by atoms with Crippen LogP contribution in [0.15, 0.2) is 0 Å². The molecule has 2 rings (SSSR count). The van der Waals surface area contributed by atoms with Gasteiger partial charge in [0.05, 0.1) is 5.54 Å². The number of carbonyl (C=O) groups excluding carboxylic acids is 1. The first kappa shape index (κ1) is 13.6. The number of alkyl halides is 1. The Morgan fingerprint density at radius 2 is 2.11 bits per heavy atom. The van der Waals surface area contributed by atoms with Crippen LogP contribution < -0.4 is 5.73 Å². The van der Waals surface area contributed by atoms with Gasteiger partial charge in [-0.25, -0.2) is 9.18 Å². The molecule has 2 aliphatic heterocycles. The normalized spacial score (nSPS) is 39.9. The Kier molecular flexibility index (Phi) is 3.08. The summed E-state index contributed by atoms with van der Waals surface area (Å²) in [5.74, 6) is 0. The summed E-state index contributed by atoms with van der Waals surface area (Å²) in [6.07, 6.45) is 0.400. The second-order valence-corrected chi connectivity index (χ2v) is 6.70. The van der Waals surface area contributed by atoms with Gasteiger partial charge in [0.25, 0.3) is 0 Å². The standard InChI is InChI=1S/C13H23FN2O2/c1-12(2,3)18-11(17)16-8-5-6-13(16,4)10(14)9(15)7-8/h8-10H,5-7,15H2,1-4H3/t8?,9-,10-,13+/m0/s1. The molecule has 2 fully saturated rings. The summed E-state index contributed by atoms with van der Waals surface area (Å²) in [6.45, 7) is 7.23. The lowest BCUT2D eigenvalue weighted by Crippen LogP contribution is -2.64. The van der Waals surface area contributed by atoms with Crippen LogP contribution >= 0.6 is 0 Å². The molecule has 2 aliphatic rings. The fourth-order valence-corrected chi connectivity index (χ4v) is 3.18. The topological polar surface area (TPSA) is 55.6 Å². The van der Waals surface area contributed by atoms with Gasteiger partial charge in [-0.1, -0.05) is 0 Å².